The number of anilines is 1. The van der Waals surface area contributed by atoms with Crippen LogP contribution in [0.1, 0.15) is 43.9 Å². The van der Waals surface area contributed by atoms with Crippen LogP contribution in [0.4, 0.5) is 10.5 Å². The van der Waals surface area contributed by atoms with Crippen LogP contribution in [0.2, 0.25) is 0 Å². The number of halogens is 1. The molecule has 4 nitrogen and oxygen atoms in total. The highest BCUT2D eigenvalue weighted by atomic mass is 79.9. The van der Waals surface area contributed by atoms with Gasteiger partial charge < -0.3 is 4.74 Å². The zero-order valence-electron chi connectivity index (χ0n) is 16.6. The molecule has 0 radical (unpaired) electrons. The van der Waals surface area contributed by atoms with E-state index in [1.807, 2.05) is 43.3 Å². The predicted octanol–water partition coefficient (Wildman–Crippen LogP) is 5.90. The summed E-state index contributed by atoms with van der Waals surface area (Å²) in [7, 11) is 0. The number of fused-ring (bicyclic) bond motifs is 1. The monoisotopic (exact) mass is 441 g/mol. The molecule has 1 aliphatic rings. The fourth-order valence-electron chi connectivity index (χ4n) is 3.79. The molecule has 0 bridgehead atoms. The lowest BCUT2D eigenvalue weighted by Crippen LogP contribution is -2.46. The van der Waals surface area contributed by atoms with Crippen LogP contribution in [0, 0.1) is 6.92 Å². The zero-order valence-corrected chi connectivity index (χ0v) is 18.2. The molecule has 1 unspecified atom stereocenters. The van der Waals surface area contributed by atoms with Gasteiger partial charge in [-0.25, -0.2) is 9.69 Å². The first-order chi connectivity index (χ1) is 13.1. The Morgan fingerprint density at radius 1 is 1.21 bits per heavy atom. The van der Waals surface area contributed by atoms with E-state index in [9.17, 15) is 9.59 Å². The van der Waals surface area contributed by atoms with Crippen molar-refractivity contribution in [2.45, 2.75) is 45.1 Å². The van der Waals surface area contributed by atoms with E-state index in [1.165, 1.54) is 4.90 Å². The van der Waals surface area contributed by atoms with Gasteiger partial charge in [-0.2, -0.15) is 0 Å². The van der Waals surface area contributed by atoms with Crippen molar-refractivity contribution >= 4 is 33.6 Å². The summed E-state index contributed by atoms with van der Waals surface area (Å²) in [6.07, 6.45) is 1.44. The molecule has 3 rings (SSSR count). The molecule has 5 heteroatoms. The molecule has 0 fully saturated rings. The molecule has 0 aliphatic carbocycles. The first-order valence-electron chi connectivity index (χ1n) is 9.16. The zero-order chi connectivity index (χ0) is 20.7. The van der Waals surface area contributed by atoms with Crippen LogP contribution in [0.3, 0.4) is 0 Å². The average molecular weight is 442 g/mol. The highest BCUT2D eigenvalue weighted by molar-refractivity contribution is 9.10. The van der Waals surface area contributed by atoms with Gasteiger partial charge in [0.25, 0.3) is 5.91 Å². The molecule has 146 valence electrons. The third-order valence-electron chi connectivity index (χ3n) is 4.86. The van der Waals surface area contributed by atoms with Crippen LogP contribution >= 0.6 is 15.9 Å². The van der Waals surface area contributed by atoms with Crippen molar-refractivity contribution in [3.63, 3.8) is 0 Å². The molecule has 1 atom stereocenters. The van der Waals surface area contributed by atoms with E-state index in [0.717, 1.165) is 21.2 Å². The standard InChI is InChI=1S/C23H24BrNO3/c1-6-13-23(17-10-8-7-9-15(17)2)18-12-11-16(24)14-19(18)25(20(23)26)21(27)28-22(3,4)5/h6-12,14H,1,13H2,2-5H3. The van der Waals surface area contributed by atoms with Crippen molar-refractivity contribution < 1.29 is 14.3 Å². The Morgan fingerprint density at radius 3 is 2.50 bits per heavy atom. The van der Waals surface area contributed by atoms with Crippen molar-refractivity contribution in [2.75, 3.05) is 4.90 Å². The summed E-state index contributed by atoms with van der Waals surface area (Å²) in [5.74, 6) is -0.316. The van der Waals surface area contributed by atoms with E-state index >= 15 is 0 Å². The van der Waals surface area contributed by atoms with E-state index in [2.05, 4.69) is 22.5 Å². The number of rotatable bonds is 3. The van der Waals surface area contributed by atoms with Crippen LogP contribution in [-0.4, -0.2) is 17.6 Å². The van der Waals surface area contributed by atoms with E-state index < -0.39 is 17.1 Å². The molecule has 28 heavy (non-hydrogen) atoms. The number of carbonyl (C=O) groups excluding carboxylic acids is 2. The number of amides is 2. The van der Waals surface area contributed by atoms with Gasteiger partial charge in [-0.15, -0.1) is 6.58 Å². The minimum Gasteiger partial charge on any atom is -0.443 e. The largest absolute Gasteiger partial charge is 0.443 e. The van der Waals surface area contributed by atoms with Gasteiger partial charge in [0.05, 0.1) is 5.69 Å². The first-order valence-corrected chi connectivity index (χ1v) is 9.95. The van der Waals surface area contributed by atoms with Crippen molar-refractivity contribution in [3.05, 3.63) is 76.3 Å². The first kappa shape index (κ1) is 20.3. The maximum atomic E-state index is 13.8. The van der Waals surface area contributed by atoms with Gasteiger partial charge in [0.2, 0.25) is 0 Å². The number of nitrogens with zero attached hydrogens (tertiary/aromatic N) is 1. The Hall–Kier alpha value is -2.40. The molecule has 0 saturated carbocycles. The van der Waals surface area contributed by atoms with Crippen molar-refractivity contribution in [2.24, 2.45) is 0 Å². The highest BCUT2D eigenvalue weighted by Gasteiger charge is 2.54. The van der Waals surface area contributed by atoms with Gasteiger partial charge in [-0.05, 0) is 62.9 Å². The van der Waals surface area contributed by atoms with Crippen molar-refractivity contribution in [1.82, 2.24) is 0 Å². The number of ether oxygens (including phenoxy) is 1. The smallest absolute Gasteiger partial charge is 0.421 e. The number of carbonyl (C=O) groups is 2. The van der Waals surface area contributed by atoms with Crippen LogP contribution in [-0.2, 0) is 14.9 Å². The Labute approximate surface area is 174 Å². The molecule has 0 spiro atoms. The summed E-state index contributed by atoms with van der Waals surface area (Å²) in [5, 5.41) is 0. The summed E-state index contributed by atoms with van der Waals surface area (Å²) in [5.41, 5.74) is 1.45. The van der Waals surface area contributed by atoms with Crippen LogP contribution < -0.4 is 4.90 Å². The van der Waals surface area contributed by atoms with E-state index in [1.54, 1.807) is 32.9 Å². The minimum absolute atomic E-state index is 0.316. The fraction of sp³-hybridized carbons (Fsp3) is 0.304. The second kappa shape index (κ2) is 7.21. The molecule has 0 N–H and O–H groups in total. The minimum atomic E-state index is -1.01. The third kappa shape index (κ3) is 3.28. The number of hydrogen-bond donors (Lipinski definition) is 0. The molecule has 2 aromatic rings. The second-order valence-corrected chi connectivity index (χ2v) is 8.91. The number of benzene rings is 2. The summed E-state index contributed by atoms with van der Waals surface area (Å²) < 4.78 is 6.34. The number of allylic oxidation sites excluding steroid dienone is 1. The summed E-state index contributed by atoms with van der Waals surface area (Å²) in [4.78, 5) is 28.0. The lowest BCUT2D eigenvalue weighted by molar-refractivity contribution is -0.121. The molecule has 1 heterocycles. The topological polar surface area (TPSA) is 46.6 Å². The van der Waals surface area contributed by atoms with Crippen molar-refractivity contribution in [3.8, 4) is 0 Å². The van der Waals surface area contributed by atoms with Gasteiger partial charge >= 0.3 is 6.09 Å². The average Bonchev–Trinajstić information content (AvgIpc) is 2.82. The Bertz CT molecular complexity index is 961. The number of aryl methyl sites for hydroxylation is 1. The summed E-state index contributed by atoms with van der Waals surface area (Å²) in [6.45, 7) is 11.2. The summed E-state index contributed by atoms with van der Waals surface area (Å²) >= 11 is 3.46. The number of imide groups is 1. The van der Waals surface area contributed by atoms with Gasteiger partial charge in [-0.1, -0.05) is 52.3 Å². The van der Waals surface area contributed by atoms with E-state index in [0.29, 0.717) is 12.1 Å². The molecule has 0 aromatic heterocycles. The van der Waals surface area contributed by atoms with E-state index in [4.69, 9.17) is 4.74 Å². The SMILES string of the molecule is C=CCC1(c2ccccc2C)C(=O)N(C(=O)OC(C)(C)C)c2cc(Br)ccc21. The lowest BCUT2D eigenvalue weighted by Gasteiger charge is -2.30. The summed E-state index contributed by atoms with van der Waals surface area (Å²) in [6, 6.07) is 13.4. The van der Waals surface area contributed by atoms with E-state index in [-0.39, 0.29) is 5.91 Å². The Morgan fingerprint density at radius 2 is 1.89 bits per heavy atom. The highest BCUT2D eigenvalue weighted by Crippen LogP contribution is 2.50. The maximum Gasteiger partial charge on any atom is 0.421 e. The Balaban J connectivity index is 2.28. The molecular weight excluding hydrogens is 418 g/mol. The molecular formula is C23H24BrNO3. The van der Waals surface area contributed by atoms with Gasteiger partial charge in [-0.3, -0.25) is 4.79 Å². The van der Waals surface area contributed by atoms with Crippen LogP contribution in [0.15, 0.2) is 59.6 Å². The number of hydrogen-bond acceptors (Lipinski definition) is 3. The van der Waals surface area contributed by atoms with Crippen molar-refractivity contribution in [1.29, 1.82) is 0 Å². The predicted molar refractivity (Wildman–Crippen MR) is 115 cm³/mol. The van der Waals surface area contributed by atoms with Crippen LogP contribution in [0.25, 0.3) is 0 Å². The third-order valence-corrected chi connectivity index (χ3v) is 5.35. The Kier molecular flexibility index (Phi) is 5.24. The molecule has 2 amide bonds. The fourth-order valence-corrected chi connectivity index (χ4v) is 4.14. The second-order valence-electron chi connectivity index (χ2n) is 8.00. The maximum absolute atomic E-state index is 13.8. The molecule has 1 aliphatic heterocycles. The lowest BCUT2D eigenvalue weighted by atomic mass is 9.71. The normalized spacial score (nSPS) is 18.8. The van der Waals surface area contributed by atoms with Gasteiger partial charge in [0.15, 0.2) is 0 Å². The van der Waals surface area contributed by atoms with Gasteiger partial charge in [0.1, 0.15) is 11.0 Å². The molecule has 2 aromatic carbocycles. The quantitative estimate of drug-likeness (QED) is 0.556. The van der Waals surface area contributed by atoms with Crippen LogP contribution in [0.5, 0.6) is 0 Å². The van der Waals surface area contributed by atoms with Gasteiger partial charge in [0, 0.05) is 4.47 Å². The molecule has 0 saturated heterocycles.